The molecule has 5 atom stereocenters. The van der Waals surface area contributed by atoms with Gasteiger partial charge in [-0.3, -0.25) is 9.59 Å². The summed E-state index contributed by atoms with van der Waals surface area (Å²) in [5, 5.41) is 3.28. The van der Waals surface area contributed by atoms with E-state index in [1.165, 1.54) is 6.92 Å². The summed E-state index contributed by atoms with van der Waals surface area (Å²) in [4.78, 5) is 72.5. The molecule has 1 aliphatic rings. The maximum absolute atomic E-state index is 12.9. The Morgan fingerprint density at radius 1 is 0.897 bits per heavy atom. The first kappa shape index (κ1) is 30.1. The minimum absolute atomic E-state index is 0.00305. The van der Waals surface area contributed by atoms with Gasteiger partial charge in [-0.05, 0) is 0 Å². The molecule has 3 rings (SSSR count). The van der Waals surface area contributed by atoms with Gasteiger partial charge < -0.3 is 0 Å². The van der Waals surface area contributed by atoms with Crippen LogP contribution in [0.15, 0.2) is 29.1 Å². The number of hydrogen-bond donors (Lipinski definition) is 1. The van der Waals surface area contributed by atoms with Gasteiger partial charge in [0.05, 0.1) is 0 Å². The number of rotatable bonds is 10. The summed E-state index contributed by atoms with van der Waals surface area (Å²) in [5.74, 6) is -3.43. The Morgan fingerprint density at radius 2 is 1.51 bits per heavy atom. The molecule has 13 nitrogen and oxygen atoms in total. The standard InChI is InChI=1S/C25H30N2O11Se/c1-13(28)34-12-18-21(35-14(2)29)22(36-15(3)30)23(37-16(4)31)24(38-18)26-20(32)10-7-11-27-25(33)17-8-5-6-9-19(17)39-27/h5-6,8-9,18,21-24H,7,10-12H2,1-4H3,(H,26,32)/t18-,21-,22+,23-,24-/m1/s1. The fourth-order valence-corrected chi connectivity index (χ4v) is 6.29. The van der Waals surface area contributed by atoms with E-state index in [1.54, 1.807) is 15.7 Å². The van der Waals surface area contributed by atoms with Gasteiger partial charge in [0.1, 0.15) is 0 Å². The Bertz CT molecular complexity index is 1290. The van der Waals surface area contributed by atoms with E-state index in [1.807, 2.05) is 12.1 Å². The minimum atomic E-state index is -1.38. The molecule has 0 spiro atoms. The number of nitrogens with one attached hydrogen (secondary N) is 1. The molecule has 212 valence electrons. The van der Waals surface area contributed by atoms with Crippen molar-refractivity contribution in [1.82, 2.24) is 8.88 Å². The van der Waals surface area contributed by atoms with Crippen LogP contribution >= 0.6 is 0 Å². The molecule has 1 saturated heterocycles. The third-order valence-corrected chi connectivity index (χ3v) is 7.96. The average Bonchev–Trinajstić information content (AvgIpc) is 3.16. The molecule has 1 N–H and O–H groups in total. The zero-order valence-corrected chi connectivity index (χ0v) is 23.6. The van der Waals surface area contributed by atoms with E-state index < -0.39 is 67.0 Å². The Labute approximate surface area is 229 Å². The van der Waals surface area contributed by atoms with E-state index >= 15 is 0 Å². The topological polar surface area (TPSA) is 166 Å². The second kappa shape index (κ2) is 13.5. The molecular formula is C25H30N2O11Se. The maximum atomic E-state index is 12.9. The Balaban J connectivity index is 1.77. The molecule has 2 aromatic rings. The molecule has 1 fully saturated rings. The van der Waals surface area contributed by atoms with Gasteiger partial charge in [-0.25, -0.2) is 0 Å². The first-order valence-electron chi connectivity index (χ1n) is 12.1. The summed E-state index contributed by atoms with van der Waals surface area (Å²) in [6.07, 6.45) is -6.22. The van der Waals surface area contributed by atoms with Crippen LogP contribution in [0.1, 0.15) is 40.5 Å². The second-order valence-corrected chi connectivity index (χ2v) is 11.0. The number of benzene rings is 1. The van der Waals surface area contributed by atoms with Crippen LogP contribution in [-0.4, -0.2) is 85.3 Å². The smallest absolute Gasteiger partial charge is 0.253 e. The minimum Gasteiger partial charge on any atom is -0.253 e. The summed E-state index contributed by atoms with van der Waals surface area (Å²) in [6, 6.07) is 7.36. The molecule has 1 amide bonds. The molecule has 2 heterocycles. The number of amides is 1. The zero-order chi connectivity index (χ0) is 28.7. The van der Waals surface area contributed by atoms with Crippen molar-refractivity contribution >= 4 is 54.2 Å². The van der Waals surface area contributed by atoms with Crippen LogP contribution in [0.5, 0.6) is 0 Å². The third kappa shape index (κ3) is 8.25. The van der Waals surface area contributed by atoms with Crippen molar-refractivity contribution in [3.8, 4) is 0 Å². The van der Waals surface area contributed by atoms with Gasteiger partial charge in [-0.15, -0.1) is 0 Å². The number of nitrogens with zero attached hydrogens (tertiary/aromatic N) is 1. The number of ether oxygens (including phenoxy) is 5. The van der Waals surface area contributed by atoms with Crippen molar-refractivity contribution in [1.29, 1.82) is 0 Å². The Morgan fingerprint density at radius 3 is 2.13 bits per heavy atom. The molecule has 1 aromatic carbocycles. The number of esters is 4. The van der Waals surface area contributed by atoms with Crippen LogP contribution in [-0.2, 0) is 54.2 Å². The van der Waals surface area contributed by atoms with Gasteiger partial charge in [0.15, 0.2) is 0 Å². The summed E-state index contributed by atoms with van der Waals surface area (Å²) < 4.78 is 29.6. The summed E-state index contributed by atoms with van der Waals surface area (Å²) in [7, 11) is 0. The Kier molecular flexibility index (Phi) is 10.4. The van der Waals surface area contributed by atoms with Gasteiger partial charge in [0.25, 0.3) is 0 Å². The van der Waals surface area contributed by atoms with E-state index in [9.17, 15) is 28.8 Å². The van der Waals surface area contributed by atoms with Gasteiger partial charge in [0.2, 0.25) is 0 Å². The monoisotopic (exact) mass is 614 g/mol. The average molecular weight is 613 g/mol. The van der Waals surface area contributed by atoms with Crippen molar-refractivity contribution in [3.63, 3.8) is 0 Å². The number of fused-ring (bicyclic) bond motifs is 1. The van der Waals surface area contributed by atoms with E-state index in [4.69, 9.17) is 23.7 Å². The SMILES string of the molecule is CC(=O)OC[C@H]1O[C@@H](NC(=O)CCCn2[se]c3ccccc3c2=O)[C@H](OC(C)=O)[C@@H](OC(C)=O)[C@@H]1OC(C)=O. The van der Waals surface area contributed by atoms with Crippen LogP contribution in [0.25, 0.3) is 9.65 Å². The number of aromatic nitrogens is 1. The van der Waals surface area contributed by atoms with Crippen molar-refractivity contribution in [3.05, 3.63) is 34.6 Å². The summed E-state index contributed by atoms with van der Waals surface area (Å²) in [6.45, 7) is 4.47. The van der Waals surface area contributed by atoms with E-state index in [-0.39, 0.29) is 26.7 Å². The van der Waals surface area contributed by atoms with E-state index in [0.717, 1.165) is 25.0 Å². The van der Waals surface area contributed by atoms with Crippen molar-refractivity contribution in [2.24, 2.45) is 0 Å². The van der Waals surface area contributed by atoms with Crippen molar-refractivity contribution in [2.45, 2.75) is 77.7 Å². The van der Waals surface area contributed by atoms with E-state index in [0.29, 0.717) is 18.4 Å². The summed E-state index contributed by atoms with van der Waals surface area (Å²) >= 11 is -0.177. The molecular weight excluding hydrogens is 583 g/mol. The predicted molar refractivity (Wildman–Crippen MR) is 134 cm³/mol. The predicted octanol–water partition coefficient (Wildman–Crippen LogP) is 0.0380. The normalized spacial score (nSPS) is 22.5. The second-order valence-electron chi connectivity index (χ2n) is 8.79. The molecule has 14 heteroatoms. The molecule has 39 heavy (non-hydrogen) atoms. The fourth-order valence-electron chi connectivity index (χ4n) is 4.12. The van der Waals surface area contributed by atoms with Gasteiger partial charge in [-0.2, -0.15) is 0 Å². The molecule has 0 unspecified atom stereocenters. The van der Waals surface area contributed by atoms with Crippen molar-refractivity contribution < 1.29 is 47.7 Å². The Hall–Kier alpha value is -3.48. The first-order valence-corrected chi connectivity index (χ1v) is 13.8. The first-order chi connectivity index (χ1) is 18.5. The molecule has 0 aliphatic carbocycles. The number of hydrogen-bond acceptors (Lipinski definition) is 11. The van der Waals surface area contributed by atoms with Gasteiger partial charge >= 0.3 is 206 Å². The van der Waals surface area contributed by atoms with Crippen LogP contribution < -0.4 is 10.9 Å². The molecule has 0 radical (unpaired) electrons. The van der Waals surface area contributed by atoms with Crippen LogP contribution in [0.3, 0.4) is 0 Å². The van der Waals surface area contributed by atoms with Gasteiger partial charge in [-0.1, -0.05) is 0 Å². The molecule has 0 bridgehead atoms. The quantitative estimate of drug-likeness (QED) is 0.218. The van der Waals surface area contributed by atoms with E-state index in [2.05, 4.69) is 5.32 Å². The summed E-state index contributed by atoms with van der Waals surface area (Å²) in [5.41, 5.74) is -0.0782. The molecule has 1 aromatic heterocycles. The molecule has 0 saturated carbocycles. The molecule has 1 aliphatic heterocycles. The third-order valence-electron chi connectivity index (χ3n) is 5.61. The number of carbonyl (C=O) groups excluding carboxylic acids is 5. The van der Waals surface area contributed by atoms with Crippen LogP contribution in [0.2, 0.25) is 0 Å². The van der Waals surface area contributed by atoms with Crippen molar-refractivity contribution in [2.75, 3.05) is 6.61 Å². The van der Waals surface area contributed by atoms with Crippen LogP contribution in [0.4, 0.5) is 0 Å². The number of aryl methyl sites for hydroxylation is 1. The van der Waals surface area contributed by atoms with Gasteiger partial charge in [0, 0.05) is 13.8 Å². The number of carbonyl (C=O) groups is 5. The zero-order valence-electron chi connectivity index (χ0n) is 21.9. The van der Waals surface area contributed by atoms with Crippen LogP contribution in [0, 0.1) is 0 Å². The fraction of sp³-hybridized carbons (Fsp3) is 0.520.